The fraction of sp³-hybridized carbons (Fsp3) is 0.261. The average molecular weight is 440 g/mol. The Hall–Kier alpha value is -4.01. The maximum Gasteiger partial charge on any atom is 0.326 e. The molecule has 1 aliphatic heterocycles. The largest absolute Gasteiger partial charge is 0.496 e. The first-order valence-corrected chi connectivity index (χ1v) is 9.89. The van der Waals surface area contributed by atoms with E-state index in [0.717, 1.165) is 0 Å². The first-order chi connectivity index (χ1) is 15.3. The van der Waals surface area contributed by atoms with Crippen molar-refractivity contribution in [3.8, 4) is 17.2 Å². The topological polar surface area (TPSA) is 123 Å². The van der Waals surface area contributed by atoms with E-state index in [-0.39, 0.29) is 24.0 Å². The molecule has 168 valence electrons. The number of benzene rings is 2. The fourth-order valence-corrected chi connectivity index (χ4v) is 3.08. The minimum atomic E-state index is -1.17. The van der Waals surface area contributed by atoms with E-state index < -0.39 is 23.8 Å². The van der Waals surface area contributed by atoms with Crippen molar-refractivity contribution in [3.63, 3.8) is 0 Å². The molecule has 0 fully saturated rings. The molecule has 9 heteroatoms. The fourth-order valence-electron chi connectivity index (χ4n) is 3.08. The van der Waals surface area contributed by atoms with E-state index in [9.17, 15) is 19.5 Å². The Morgan fingerprint density at radius 3 is 2.50 bits per heavy atom. The molecular formula is C23H24N2O7. The lowest BCUT2D eigenvalue weighted by atomic mass is 10.0. The Balaban J connectivity index is 1.94. The van der Waals surface area contributed by atoms with Gasteiger partial charge in [-0.25, -0.2) is 4.79 Å². The number of rotatable bonds is 8. The zero-order valence-corrected chi connectivity index (χ0v) is 17.9. The first kappa shape index (κ1) is 22.7. The van der Waals surface area contributed by atoms with Crippen molar-refractivity contribution in [2.45, 2.75) is 19.9 Å². The van der Waals surface area contributed by atoms with Crippen molar-refractivity contribution in [3.05, 3.63) is 59.3 Å². The van der Waals surface area contributed by atoms with Gasteiger partial charge in [0.15, 0.2) is 11.5 Å². The molecule has 9 nitrogen and oxygen atoms in total. The summed E-state index contributed by atoms with van der Waals surface area (Å²) in [6.45, 7) is 3.44. The Kier molecular flexibility index (Phi) is 6.99. The van der Waals surface area contributed by atoms with Gasteiger partial charge in [0.2, 0.25) is 6.79 Å². The molecule has 0 unspecified atom stereocenters. The van der Waals surface area contributed by atoms with Gasteiger partial charge in [-0.2, -0.15) is 0 Å². The lowest BCUT2D eigenvalue weighted by Crippen LogP contribution is -2.47. The van der Waals surface area contributed by atoms with E-state index in [1.54, 1.807) is 56.3 Å². The lowest BCUT2D eigenvalue weighted by Gasteiger charge is -2.19. The number of carbonyl (C=O) groups excluding carboxylic acids is 2. The van der Waals surface area contributed by atoms with Crippen LogP contribution in [0.1, 0.15) is 29.8 Å². The number of fused-ring (bicyclic) bond motifs is 1. The number of carboxylic acids is 1. The summed E-state index contributed by atoms with van der Waals surface area (Å²) in [5.74, 6) is -1.47. The number of hydrogen-bond acceptors (Lipinski definition) is 6. The third-order valence-electron chi connectivity index (χ3n) is 4.77. The maximum atomic E-state index is 13.0. The summed E-state index contributed by atoms with van der Waals surface area (Å²) in [5, 5.41) is 14.5. The van der Waals surface area contributed by atoms with E-state index in [1.807, 2.05) is 0 Å². The minimum absolute atomic E-state index is 0.0923. The predicted molar refractivity (Wildman–Crippen MR) is 115 cm³/mol. The molecule has 32 heavy (non-hydrogen) atoms. The Labute approximate surface area is 185 Å². The summed E-state index contributed by atoms with van der Waals surface area (Å²) in [5.41, 5.74) is 0.640. The van der Waals surface area contributed by atoms with Crippen LogP contribution in [-0.4, -0.2) is 42.8 Å². The Bertz CT molecular complexity index is 1060. The molecule has 0 bridgehead atoms. The number of hydrogen-bond donors (Lipinski definition) is 3. The van der Waals surface area contributed by atoms with Crippen LogP contribution in [0.25, 0.3) is 6.08 Å². The summed E-state index contributed by atoms with van der Waals surface area (Å²) < 4.78 is 15.9. The molecule has 0 saturated heterocycles. The van der Waals surface area contributed by atoms with E-state index >= 15 is 0 Å². The number of methoxy groups -OCH3 is 1. The summed E-state index contributed by atoms with van der Waals surface area (Å²) in [6, 6.07) is 10.4. The van der Waals surface area contributed by atoms with Gasteiger partial charge in [0.1, 0.15) is 17.5 Å². The summed E-state index contributed by atoms with van der Waals surface area (Å²) in [4.78, 5) is 37.4. The van der Waals surface area contributed by atoms with Crippen molar-refractivity contribution >= 4 is 23.9 Å². The van der Waals surface area contributed by atoms with E-state index in [2.05, 4.69) is 10.6 Å². The highest BCUT2D eigenvalue weighted by molar-refractivity contribution is 6.07. The lowest BCUT2D eigenvalue weighted by molar-refractivity contribution is -0.142. The number of ether oxygens (including phenoxy) is 3. The summed E-state index contributed by atoms with van der Waals surface area (Å²) in [7, 11) is 1.43. The third-order valence-corrected chi connectivity index (χ3v) is 4.77. The molecular weight excluding hydrogens is 416 g/mol. The van der Waals surface area contributed by atoms with Crippen LogP contribution in [0.2, 0.25) is 0 Å². The Morgan fingerprint density at radius 2 is 1.81 bits per heavy atom. The van der Waals surface area contributed by atoms with Crippen LogP contribution >= 0.6 is 0 Å². The number of para-hydroxylation sites is 1. The predicted octanol–water partition coefficient (Wildman–Crippen LogP) is 2.42. The number of carbonyl (C=O) groups is 3. The first-order valence-electron chi connectivity index (χ1n) is 9.89. The van der Waals surface area contributed by atoms with Gasteiger partial charge in [0.05, 0.1) is 12.7 Å². The molecule has 0 aliphatic carbocycles. The molecule has 2 aromatic carbocycles. The number of aliphatic carboxylic acids is 1. The highest BCUT2D eigenvalue weighted by Crippen LogP contribution is 2.33. The second-order valence-electron chi connectivity index (χ2n) is 7.36. The summed E-state index contributed by atoms with van der Waals surface area (Å²) in [6.07, 6.45) is 1.43. The highest BCUT2D eigenvalue weighted by Gasteiger charge is 2.26. The van der Waals surface area contributed by atoms with Gasteiger partial charge in [0, 0.05) is 0 Å². The van der Waals surface area contributed by atoms with Gasteiger partial charge in [-0.15, -0.1) is 0 Å². The third kappa shape index (κ3) is 5.18. The van der Waals surface area contributed by atoms with E-state index in [4.69, 9.17) is 14.2 Å². The minimum Gasteiger partial charge on any atom is -0.496 e. The molecule has 3 N–H and O–H groups in total. The van der Waals surface area contributed by atoms with Crippen molar-refractivity contribution in [2.75, 3.05) is 13.9 Å². The number of nitrogens with one attached hydrogen (secondary N) is 2. The molecule has 0 radical (unpaired) electrons. The molecule has 3 rings (SSSR count). The Morgan fingerprint density at radius 1 is 1.09 bits per heavy atom. The van der Waals surface area contributed by atoms with E-state index in [1.165, 1.54) is 13.2 Å². The molecule has 0 aromatic heterocycles. The zero-order valence-electron chi connectivity index (χ0n) is 17.9. The van der Waals surface area contributed by atoms with Crippen LogP contribution in [0.4, 0.5) is 0 Å². The maximum absolute atomic E-state index is 13.0. The van der Waals surface area contributed by atoms with Crippen LogP contribution < -0.4 is 24.8 Å². The van der Waals surface area contributed by atoms with Gasteiger partial charge in [-0.1, -0.05) is 32.0 Å². The second kappa shape index (κ2) is 9.86. The van der Waals surface area contributed by atoms with Gasteiger partial charge < -0.3 is 30.0 Å². The van der Waals surface area contributed by atoms with Crippen LogP contribution in [0.5, 0.6) is 17.2 Å². The quantitative estimate of drug-likeness (QED) is 0.539. The van der Waals surface area contributed by atoms with Gasteiger partial charge in [0.25, 0.3) is 11.8 Å². The van der Waals surface area contributed by atoms with Gasteiger partial charge in [-0.05, 0) is 41.8 Å². The van der Waals surface area contributed by atoms with E-state index in [0.29, 0.717) is 22.8 Å². The number of carboxylic acid groups (broad SMARTS) is 1. The van der Waals surface area contributed by atoms with Crippen LogP contribution in [0, 0.1) is 5.92 Å². The van der Waals surface area contributed by atoms with Crippen molar-refractivity contribution in [1.29, 1.82) is 0 Å². The second-order valence-corrected chi connectivity index (χ2v) is 7.36. The molecule has 2 aromatic rings. The molecule has 1 heterocycles. The molecule has 0 saturated carbocycles. The van der Waals surface area contributed by atoms with Gasteiger partial charge in [-0.3, -0.25) is 9.59 Å². The molecule has 1 atom stereocenters. The molecule has 0 spiro atoms. The number of amides is 2. The van der Waals surface area contributed by atoms with Crippen LogP contribution in [0.15, 0.2) is 48.2 Å². The SMILES string of the molecule is COc1ccccc1C(=O)N/C(=C\c1ccc2c(c1)OCO2)C(=O)N[C@H](C(=O)O)C(C)C. The monoisotopic (exact) mass is 440 g/mol. The van der Waals surface area contributed by atoms with Crippen LogP contribution in [0.3, 0.4) is 0 Å². The van der Waals surface area contributed by atoms with Crippen molar-refractivity contribution in [1.82, 2.24) is 10.6 Å². The van der Waals surface area contributed by atoms with Crippen LogP contribution in [-0.2, 0) is 9.59 Å². The normalized spacial score (nSPS) is 13.4. The van der Waals surface area contributed by atoms with Crippen molar-refractivity contribution < 1.29 is 33.7 Å². The standard InChI is InChI=1S/C23H24N2O7/c1-13(2)20(23(28)29)25-22(27)16(10-14-8-9-18-19(11-14)32-12-31-18)24-21(26)15-6-4-5-7-17(15)30-3/h4-11,13,20H,12H2,1-3H3,(H,24,26)(H,25,27)(H,28,29)/b16-10-/t20-/m0/s1. The molecule has 2 amide bonds. The van der Waals surface area contributed by atoms with Crippen molar-refractivity contribution in [2.24, 2.45) is 5.92 Å². The molecule has 1 aliphatic rings. The summed E-state index contributed by atoms with van der Waals surface area (Å²) >= 11 is 0. The zero-order chi connectivity index (χ0) is 23.3. The van der Waals surface area contributed by atoms with Gasteiger partial charge >= 0.3 is 5.97 Å². The average Bonchev–Trinajstić information content (AvgIpc) is 3.24. The highest BCUT2D eigenvalue weighted by atomic mass is 16.7. The smallest absolute Gasteiger partial charge is 0.326 e.